The van der Waals surface area contributed by atoms with Gasteiger partial charge in [-0.15, -0.1) is 11.3 Å². The fourth-order valence-corrected chi connectivity index (χ4v) is 4.28. The number of ether oxygens (including phenoxy) is 1. The number of aromatic nitrogens is 1. The minimum Gasteiger partial charge on any atom is -0.444 e. The maximum atomic E-state index is 12.3. The van der Waals surface area contributed by atoms with Gasteiger partial charge in [0.15, 0.2) is 0 Å². The number of aliphatic imine (C=N–C) groups is 1. The van der Waals surface area contributed by atoms with E-state index < -0.39 is 5.60 Å². The highest BCUT2D eigenvalue weighted by molar-refractivity contribution is 7.16. The first-order chi connectivity index (χ1) is 14.8. The van der Waals surface area contributed by atoms with Crippen LogP contribution in [0.2, 0.25) is 0 Å². The topological polar surface area (TPSA) is 95.9 Å². The lowest BCUT2D eigenvalue weighted by Gasteiger charge is -2.33. The Balaban J connectivity index is 1.29. The number of nitrogens with zero attached hydrogens (tertiary/aromatic N) is 3. The molecule has 4 rings (SSSR count). The second-order valence-corrected chi connectivity index (χ2v) is 9.70. The van der Waals surface area contributed by atoms with E-state index in [0.717, 1.165) is 28.6 Å². The summed E-state index contributed by atoms with van der Waals surface area (Å²) in [6, 6.07) is 5.88. The molecule has 1 aromatic heterocycles. The Labute approximate surface area is 185 Å². The zero-order chi connectivity index (χ0) is 22.0. The first-order valence-corrected chi connectivity index (χ1v) is 11.3. The monoisotopic (exact) mass is 441 g/mol. The predicted molar refractivity (Wildman–Crippen MR) is 122 cm³/mol. The lowest BCUT2D eigenvalue weighted by molar-refractivity contribution is -0.115. The molecule has 164 valence electrons. The van der Waals surface area contributed by atoms with Crippen LogP contribution in [0.15, 0.2) is 34.4 Å². The molecule has 1 fully saturated rings. The van der Waals surface area contributed by atoms with Gasteiger partial charge in [0.1, 0.15) is 11.3 Å². The number of piperidine rings is 1. The van der Waals surface area contributed by atoms with Crippen LogP contribution in [0.3, 0.4) is 0 Å². The summed E-state index contributed by atoms with van der Waals surface area (Å²) in [7, 11) is 0. The van der Waals surface area contributed by atoms with Crippen LogP contribution in [0.4, 0.5) is 4.79 Å². The number of rotatable bonds is 3. The van der Waals surface area contributed by atoms with Crippen LogP contribution in [-0.2, 0) is 9.53 Å². The van der Waals surface area contributed by atoms with E-state index in [2.05, 4.69) is 20.6 Å². The maximum Gasteiger partial charge on any atom is 0.410 e. The Kier molecular flexibility index (Phi) is 5.95. The van der Waals surface area contributed by atoms with E-state index in [-0.39, 0.29) is 12.0 Å². The van der Waals surface area contributed by atoms with Crippen molar-refractivity contribution in [3.8, 4) is 0 Å². The van der Waals surface area contributed by atoms with Gasteiger partial charge in [-0.25, -0.2) is 14.8 Å². The minimum absolute atomic E-state index is 0.216. The summed E-state index contributed by atoms with van der Waals surface area (Å²) >= 11 is 1.57. The van der Waals surface area contributed by atoms with Gasteiger partial charge in [0.25, 0.3) is 5.91 Å². The molecule has 9 heteroatoms. The van der Waals surface area contributed by atoms with E-state index in [9.17, 15) is 9.59 Å². The number of nitrogens with one attached hydrogen (secondary N) is 2. The number of benzene rings is 1. The number of carbonyl (C=O) groups is 2. The van der Waals surface area contributed by atoms with Crippen molar-refractivity contribution in [1.29, 1.82) is 0 Å². The molecule has 0 atom stereocenters. The minimum atomic E-state index is -0.480. The van der Waals surface area contributed by atoms with Crippen LogP contribution >= 0.6 is 11.3 Å². The molecule has 2 aliphatic rings. The highest BCUT2D eigenvalue weighted by atomic mass is 32.1. The number of guanidine groups is 1. The smallest absolute Gasteiger partial charge is 0.410 e. The molecular formula is C22H27N5O3S. The van der Waals surface area contributed by atoms with E-state index >= 15 is 0 Å². The van der Waals surface area contributed by atoms with E-state index in [1.807, 2.05) is 44.5 Å². The fraction of sp³-hybridized carbons (Fsp3) is 0.455. The third kappa shape index (κ3) is 5.41. The van der Waals surface area contributed by atoms with Crippen molar-refractivity contribution in [2.24, 2.45) is 10.9 Å². The molecule has 3 heterocycles. The van der Waals surface area contributed by atoms with Crippen LogP contribution < -0.4 is 10.6 Å². The standard InChI is InChI=1S/C22H27N5O3S/c1-22(2,3)30-21(29)27-8-6-14(7-9-27)12-23-20-25-17(19(28)26-20)10-15-4-5-16-18(11-15)31-13-24-16/h4-5,10-11,13-14H,6-9,12H2,1-3H3,(H2,23,25,26,28)/b17-10-. The number of fused-ring (bicyclic) bond motifs is 1. The lowest BCUT2D eigenvalue weighted by atomic mass is 9.97. The molecule has 0 aliphatic carbocycles. The molecule has 1 aromatic carbocycles. The Morgan fingerprint density at radius 3 is 2.87 bits per heavy atom. The average molecular weight is 442 g/mol. The number of carbonyl (C=O) groups excluding carboxylic acids is 2. The van der Waals surface area contributed by atoms with Crippen molar-refractivity contribution >= 4 is 45.6 Å². The average Bonchev–Trinajstić information content (AvgIpc) is 3.31. The first-order valence-electron chi connectivity index (χ1n) is 10.4. The first kappa shape index (κ1) is 21.3. The third-order valence-corrected chi connectivity index (χ3v) is 5.97. The van der Waals surface area contributed by atoms with Crippen molar-refractivity contribution in [3.63, 3.8) is 0 Å². The molecule has 0 radical (unpaired) electrons. The zero-order valence-electron chi connectivity index (χ0n) is 18.0. The van der Waals surface area contributed by atoms with Gasteiger partial charge in [-0.3, -0.25) is 10.1 Å². The molecule has 0 unspecified atom stereocenters. The van der Waals surface area contributed by atoms with E-state index in [1.165, 1.54) is 0 Å². The lowest BCUT2D eigenvalue weighted by Crippen LogP contribution is -2.45. The van der Waals surface area contributed by atoms with E-state index in [1.54, 1.807) is 22.3 Å². The highest BCUT2D eigenvalue weighted by Gasteiger charge is 2.27. The van der Waals surface area contributed by atoms with Crippen molar-refractivity contribution < 1.29 is 14.3 Å². The molecule has 8 nitrogen and oxygen atoms in total. The number of hydrogen-bond donors (Lipinski definition) is 2. The second kappa shape index (κ2) is 8.66. The predicted octanol–water partition coefficient (Wildman–Crippen LogP) is 3.36. The normalized spacial score (nSPS) is 18.9. The fourth-order valence-electron chi connectivity index (χ4n) is 3.56. The molecule has 2 N–H and O–H groups in total. The molecule has 2 aromatic rings. The van der Waals surface area contributed by atoms with Crippen LogP contribution in [0, 0.1) is 5.92 Å². The molecule has 0 spiro atoms. The van der Waals surface area contributed by atoms with Gasteiger partial charge >= 0.3 is 6.09 Å². The molecule has 31 heavy (non-hydrogen) atoms. The van der Waals surface area contributed by atoms with E-state index in [4.69, 9.17) is 4.74 Å². The largest absolute Gasteiger partial charge is 0.444 e. The quantitative estimate of drug-likeness (QED) is 0.712. The summed E-state index contributed by atoms with van der Waals surface area (Å²) in [4.78, 5) is 34.9. The van der Waals surface area contributed by atoms with Crippen molar-refractivity contribution in [2.45, 2.75) is 39.2 Å². The van der Waals surface area contributed by atoms with Gasteiger partial charge in [0.05, 0.1) is 15.7 Å². The van der Waals surface area contributed by atoms with Crippen molar-refractivity contribution in [2.75, 3.05) is 19.6 Å². The number of thiazole rings is 1. The van der Waals surface area contributed by atoms with Crippen molar-refractivity contribution in [3.05, 3.63) is 35.0 Å². The molecule has 0 bridgehead atoms. The van der Waals surface area contributed by atoms with Gasteiger partial charge in [-0.1, -0.05) is 6.07 Å². The Morgan fingerprint density at radius 2 is 2.13 bits per heavy atom. The summed E-state index contributed by atoms with van der Waals surface area (Å²) in [6.07, 6.45) is 3.29. The summed E-state index contributed by atoms with van der Waals surface area (Å²) in [5, 5.41) is 6.03. The van der Waals surface area contributed by atoms with Gasteiger partial charge < -0.3 is 15.0 Å². The van der Waals surface area contributed by atoms with Crippen LogP contribution in [-0.4, -0.2) is 53.1 Å². The van der Waals surface area contributed by atoms with Crippen LogP contribution in [0.1, 0.15) is 39.2 Å². The van der Waals surface area contributed by atoms with Crippen LogP contribution in [0.25, 0.3) is 16.3 Å². The summed E-state index contributed by atoms with van der Waals surface area (Å²) < 4.78 is 6.52. The Hall–Kier alpha value is -2.94. The molecule has 2 aliphatic heterocycles. The third-order valence-electron chi connectivity index (χ3n) is 5.18. The van der Waals surface area contributed by atoms with E-state index in [0.29, 0.717) is 37.2 Å². The SMILES string of the molecule is CC(C)(C)OC(=O)N1CCC(CNC2=N/C(=C\c3ccc4ncsc4c3)C(=O)N2)CC1. The molecule has 0 saturated carbocycles. The van der Waals surface area contributed by atoms with Gasteiger partial charge in [-0.2, -0.15) is 0 Å². The molecule has 1 saturated heterocycles. The van der Waals surface area contributed by atoms with Gasteiger partial charge in [0, 0.05) is 19.6 Å². The van der Waals surface area contributed by atoms with Gasteiger partial charge in [-0.05, 0) is 63.3 Å². The number of amides is 2. The Bertz CT molecular complexity index is 1040. The number of likely N-dealkylation sites (tertiary alicyclic amines) is 1. The number of hydrogen-bond acceptors (Lipinski definition) is 7. The molecular weight excluding hydrogens is 414 g/mol. The highest BCUT2D eigenvalue weighted by Crippen LogP contribution is 2.22. The van der Waals surface area contributed by atoms with Crippen LogP contribution in [0.5, 0.6) is 0 Å². The summed E-state index contributed by atoms with van der Waals surface area (Å²) in [6.45, 7) is 7.66. The Morgan fingerprint density at radius 1 is 1.35 bits per heavy atom. The summed E-state index contributed by atoms with van der Waals surface area (Å²) in [5.41, 5.74) is 3.58. The second-order valence-electron chi connectivity index (χ2n) is 8.82. The van der Waals surface area contributed by atoms with Gasteiger partial charge in [0.2, 0.25) is 5.96 Å². The zero-order valence-corrected chi connectivity index (χ0v) is 18.8. The molecule has 2 amide bonds. The maximum absolute atomic E-state index is 12.3. The van der Waals surface area contributed by atoms with Crippen molar-refractivity contribution in [1.82, 2.24) is 20.5 Å². The summed E-state index contributed by atoms with van der Waals surface area (Å²) in [5.74, 6) is 0.663.